The van der Waals surface area contributed by atoms with Gasteiger partial charge in [-0.1, -0.05) is 133 Å². The van der Waals surface area contributed by atoms with E-state index in [1.54, 1.807) is 0 Å². The second-order valence-electron chi connectivity index (χ2n) is 13.4. The van der Waals surface area contributed by atoms with Gasteiger partial charge in [0, 0.05) is 37.2 Å². The molecule has 0 saturated heterocycles. The molecule has 1 aromatic heterocycles. The van der Waals surface area contributed by atoms with Crippen molar-refractivity contribution in [3.05, 3.63) is 200 Å². The Labute approximate surface area is 307 Å². The van der Waals surface area contributed by atoms with Gasteiger partial charge in [0.05, 0.1) is 0 Å². The van der Waals surface area contributed by atoms with Crippen molar-refractivity contribution in [1.82, 2.24) is 0 Å². The van der Waals surface area contributed by atoms with Gasteiger partial charge in [-0.3, -0.25) is 0 Å². The fraction of sp³-hybridized carbons (Fsp3) is 0. The van der Waals surface area contributed by atoms with Crippen LogP contribution in [0.15, 0.2) is 200 Å². The van der Waals surface area contributed by atoms with Crippen LogP contribution in [0.25, 0.3) is 75.1 Å². The molecule has 10 aromatic rings. The number of nitrogens with zero attached hydrogens (tertiary/aromatic N) is 1. The largest absolute Gasteiger partial charge is 0.310 e. The Morgan fingerprint density at radius 1 is 0.308 bits per heavy atom. The number of anilines is 3. The minimum absolute atomic E-state index is 1.12. The Morgan fingerprint density at radius 3 is 1.60 bits per heavy atom. The van der Waals surface area contributed by atoms with Crippen LogP contribution in [0.2, 0.25) is 0 Å². The van der Waals surface area contributed by atoms with Crippen molar-refractivity contribution in [2.45, 2.75) is 0 Å². The Hall–Kier alpha value is -6.48. The van der Waals surface area contributed by atoms with Crippen LogP contribution >= 0.6 is 11.3 Å². The minimum Gasteiger partial charge on any atom is -0.310 e. The second kappa shape index (κ2) is 12.7. The molecule has 0 aliphatic carbocycles. The summed E-state index contributed by atoms with van der Waals surface area (Å²) in [5.41, 5.74) is 10.8. The molecule has 0 saturated carbocycles. The molecule has 0 atom stereocenters. The summed E-state index contributed by atoms with van der Waals surface area (Å²) in [7, 11) is 0. The molecule has 1 nitrogen and oxygen atoms in total. The lowest BCUT2D eigenvalue weighted by atomic mass is 9.96. The number of rotatable bonds is 6. The molecule has 0 aliphatic heterocycles. The molecule has 0 radical (unpaired) electrons. The van der Waals surface area contributed by atoms with Gasteiger partial charge in [0.25, 0.3) is 0 Å². The van der Waals surface area contributed by atoms with Crippen molar-refractivity contribution in [3.63, 3.8) is 0 Å². The van der Waals surface area contributed by atoms with Crippen LogP contribution in [-0.2, 0) is 0 Å². The Morgan fingerprint density at radius 2 is 0.846 bits per heavy atom. The van der Waals surface area contributed by atoms with Crippen LogP contribution < -0.4 is 4.90 Å². The highest BCUT2D eigenvalue weighted by atomic mass is 32.1. The van der Waals surface area contributed by atoms with Crippen LogP contribution in [0.5, 0.6) is 0 Å². The molecule has 0 N–H and O–H groups in total. The maximum absolute atomic E-state index is 2.36. The number of benzene rings is 9. The van der Waals surface area contributed by atoms with Crippen LogP contribution in [0, 0.1) is 0 Å². The molecule has 244 valence electrons. The van der Waals surface area contributed by atoms with Crippen molar-refractivity contribution in [3.8, 4) is 33.4 Å². The Kier molecular flexibility index (Phi) is 7.41. The zero-order valence-corrected chi connectivity index (χ0v) is 29.2. The van der Waals surface area contributed by atoms with Gasteiger partial charge in [0.1, 0.15) is 0 Å². The standard InChI is InChI=1S/C50H33NS/c1-3-10-34(11-4-1)37-20-21-39-31-40(23-22-38(39)30-37)41-19-18-35-24-29-45(33-42(35)32-41)51(43-12-5-2-6-13-43)44-27-25-36(26-28-44)46-15-9-17-49-50(46)47-14-7-8-16-48(47)52-49/h1-33H. The molecular formula is C50H33NS. The van der Waals surface area contributed by atoms with Gasteiger partial charge in [0.2, 0.25) is 0 Å². The van der Waals surface area contributed by atoms with E-state index >= 15 is 0 Å². The summed E-state index contributed by atoms with van der Waals surface area (Å²) in [5.74, 6) is 0. The first-order valence-electron chi connectivity index (χ1n) is 17.7. The number of hydrogen-bond acceptors (Lipinski definition) is 2. The molecule has 0 fully saturated rings. The summed E-state index contributed by atoms with van der Waals surface area (Å²) >= 11 is 1.87. The highest BCUT2D eigenvalue weighted by Gasteiger charge is 2.15. The lowest BCUT2D eigenvalue weighted by Crippen LogP contribution is -2.09. The van der Waals surface area contributed by atoms with Gasteiger partial charge < -0.3 is 4.90 Å². The zero-order valence-electron chi connectivity index (χ0n) is 28.4. The quantitative estimate of drug-likeness (QED) is 0.169. The number of hydrogen-bond donors (Lipinski definition) is 0. The van der Waals surface area contributed by atoms with Crippen molar-refractivity contribution in [1.29, 1.82) is 0 Å². The highest BCUT2D eigenvalue weighted by molar-refractivity contribution is 7.25. The lowest BCUT2D eigenvalue weighted by Gasteiger charge is -2.26. The molecule has 52 heavy (non-hydrogen) atoms. The summed E-state index contributed by atoms with van der Waals surface area (Å²) in [6, 6.07) is 72.9. The third-order valence-electron chi connectivity index (χ3n) is 10.2. The zero-order chi connectivity index (χ0) is 34.4. The molecule has 2 heteroatoms. The summed E-state index contributed by atoms with van der Waals surface area (Å²) in [5, 5.41) is 7.59. The van der Waals surface area contributed by atoms with E-state index in [2.05, 4.69) is 205 Å². The van der Waals surface area contributed by atoms with Crippen LogP contribution in [-0.4, -0.2) is 0 Å². The number of para-hydroxylation sites is 1. The van der Waals surface area contributed by atoms with Crippen molar-refractivity contribution in [2.75, 3.05) is 4.90 Å². The van der Waals surface area contributed by atoms with Crippen molar-refractivity contribution in [2.24, 2.45) is 0 Å². The molecule has 1 heterocycles. The average Bonchev–Trinajstić information content (AvgIpc) is 3.60. The molecular weight excluding hydrogens is 647 g/mol. The van der Waals surface area contributed by atoms with E-state index in [1.165, 1.54) is 75.1 Å². The van der Waals surface area contributed by atoms with E-state index in [0.29, 0.717) is 0 Å². The highest BCUT2D eigenvalue weighted by Crippen LogP contribution is 2.42. The van der Waals surface area contributed by atoms with Gasteiger partial charge in [-0.15, -0.1) is 11.3 Å². The topological polar surface area (TPSA) is 3.24 Å². The first-order chi connectivity index (χ1) is 25.7. The van der Waals surface area contributed by atoms with E-state index in [-0.39, 0.29) is 0 Å². The fourth-order valence-corrected chi connectivity index (χ4v) is 8.75. The first-order valence-corrected chi connectivity index (χ1v) is 18.6. The van der Waals surface area contributed by atoms with Gasteiger partial charge in [-0.05, 0) is 122 Å². The SMILES string of the molecule is c1ccc(-c2ccc3cc(-c4ccc5ccc(N(c6ccccc6)c6ccc(-c7cccc8sc9ccccc9c78)cc6)cc5c4)ccc3c2)cc1. The third kappa shape index (κ3) is 5.42. The monoisotopic (exact) mass is 679 g/mol. The number of thiophene rings is 1. The molecule has 0 amide bonds. The Bertz CT molecular complexity index is 2890. The predicted molar refractivity (Wildman–Crippen MR) is 225 cm³/mol. The van der Waals surface area contributed by atoms with Gasteiger partial charge in [-0.25, -0.2) is 0 Å². The van der Waals surface area contributed by atoms with Crippen molar-refractivity contribution < 1.29 is 0 Å². The summed E-state index contributed by atoms with van der Waals surface area (Å²) in [6.45, 7) is 0. The fourth-order valence-electron chi connectivity index (χ4n) is 7.62. The van der Waals surface area contributed by atoms with Gasteiger partial charge in [-0.2, -0.15) is 0 Å². The minimum atomic E-state index is 1.12. The first kappa shape index (κ1) is 30.4. The van der Waals surface area contributed by atoms with E-state index in [0.717, 1.165) is 17.1 Å². The van der Waals surface area contributed by atoms with Gasteiger partial charge in [0.15, 0.2) is 0 Å². The smallest absolute Gasteiger partial charge is 0.0468 e. The molecule has 0 bridgehead atoms. The maximum atomic E-state index is 2.36. The lowest BCUT2D eigenvalue weighted by molar-refractivity contribution is 1.29. The molecule has 0 aliphatic rings. The van der Waals surface area contributed by atoms with E-state index in [1.807, 2.05) is 11.3 Å². The molecule has 0 unspecified atom stereocenters. The van der Waals surface area contributed by atoms with E-state index in [9.17, 15) is 0 Å². The normalized spacial score (nSPS) is 11.5. The molecule has 0 spiro atoms. The van der Waals surface area contributed by atoms with Crippen LogP contribution in [0.4, 0.5) is 17.1 Å². The van der Waals surface area contributed by atoms with E-state index in [4.69, 9.17) is 0 Å². The predicted octanol–water partition coefficient (Wildman–Crippen LogP) is 14.8. The van der Waals surface area contributed by atoms with Crippen LogP contribution in [0.1, 0.15) is 0 Å². The van der Waals surface area contributed by atoms with Gasteiger partial charge >= 0.3 is 0 Å². The summed E-state index contributed by atoms with van der Waals surface area (Å²) in [4.78, 5) is 2.36. The van der Waals surface area contributed by atoms with Crippen LogP contribution in [0.3, 0.4) is 0 Å². The average molecular weight is 680 g/mol. The molecule has 9 aromatic carbocycles. The summed E-state index contributed by atoms with van der Waals surface area (Å²) < 4.78 is 2.65. The Balaban J connectivity index is 1.02. The second-order valence-corrected chi connectivity index (χ2v) is 14.5. The maximum Gasteiger partial charge on any atom is 0.0468 e. The third-order valence-corrected chi connectivity index (χ3v) is 11.4. The summed E-state index contributed by atoms with van der Waals surface area (Å²) in [6.07, 6.45) is 0. The van der Waals surface area contributed by atoms with E-state index < -0.39 is 0 Å². The number of fused-ring (bicyclic) bond motifs is 5. The van der Waals surface area contributed by atoms with Crippen molar-refractivity contribution >= 4 is 70.1 Å². The molecule has 10 rings (SSSR count).